The summed E-state index contributed by atoms with van der Waals surface area (Å²) in [6.45, 7) is 0.276. The summed E-state index contributed by atoms with van der Waals surface area (Å²) in [5.74, 6) is 0.319. The van der Waals surface area contributed by atoms with E-state index in [9.17, 15) is 9.59 Å². The van der Waals surface area contributed by atoms with Crippen LogP contribution in [0.4, 0.5) is 5.69 Å². The number of carbonyl (C=O) groups excluding carboxylic acids is 2. The number of amides is 2. The number of hydrogen-bond donors (Lipinski definition) is 2. The van der Waals surface area contributed by atoms with Crippen molar-refractivity contribution >= 4 is 17.5 Å². The Labute approximate surface area is 175 Å². The Kier molecular flexibility index (Phi) is 7.44. The second-order valence-electron chi connectivity index (χ2n) is 6.52. The zero-order valence-corrected chi connectivity index (χ0v) is 16.8. The minimum atomic E-state index is -0.348. The standard InChI is InChI=1S/C24H24N2O4/c1-29-22-14-8-6-12-20(22)26-23(27)17-30-21-13-7-5-11-19(21)24(28)25-16-15-18-9-3-2-4-10-18/h2-14H,15-17H2,1H3,(H,25,28)(H,26,27). The van der Waals surface area contributed by atoms with E-state index < -0.39 is 0 Å². The molecule has 0 unspecified atom stereocenters. The average molecular weight is 404 g/mol. The number of hydrogen-bond acceptors (Lipinski definition) is 4. The summed E-state index contributed by atoms with van der Waals surface area (Å²) >= 11 is 0. The predicted molar refractivity (Wildman–Crippen MR) is 116 cm³/mol. The smallest absolute Gasteiger partial charge is 0.262 e. The van der Waals surface area contributed by atoms with Crippen LogP contribution in [0.2, 0.25) is 0 Å². The van der Waals surface area contributed by atoms with Gasteiger partial charge in [0.15, 0.2) is 6.61 Å². The quantitative estimate of drug-likeness (QED) is 0.570. The fraction of sp³-hybridized carbons (Fsp3) is 0.167. The van der Waals surface area contributed by atoms with Crippen molar-refractivity contribution in [3.05, 3.63) is 90.0 Å². The van der Waals surface area contributed by atoms with E-state index in [0.717, 1.165) is 12.0 Å². The molecule has 0 spiro atoms. The Morgan fingerprint density at radius 3 is 2.27 bits per heavy atom. The van der Waals surface area contributed by atoms with Crippen molar-refractivity contribution < 1.29 is 19.1 Å². The van der Waals surface area contributed by atoms with Crippen LogP contribution in [-0.2, 0) is 11.2 Å². The van der Waals surface area contributed by atoms with Gasteiger partial charge in [0, 0.05) is 6.54 Å². The zero-order chi connectivity index (χ0) is 21.2. The lowest BCUT2D eigenvalue weighted by molar-refractivity contribution is -0.118. The third-order valence-corrected chi connectivity index (χ3v) is 4.41. The van der Waals surface area contributed by atoms with Crippen LogP contribution in [0, 0.1) is 0 Å². The molecule has 154 valence electrons. The van der Waals surface area contributed by atoms with Gasteiger partial charge >= 0.3 is 0 Å². The largest absolute Gasteiger partial charge is 0.495 e. The number of carbonyl (C=O) groups is 2. The normalized spacial score (nSPS) is 10.2. The molecule has 3 rings (SSSR count). The molecular formula is C24H24N2O4. The summed E-state index contributed by atoms with van der Waals surface area (Å²) in [5, 5.41) is 5.64. The summed E-state index contributed by atoms with van der Waals surface area (Å²) in [4.78, 5) is 24.8. The number of benzene rings is 3. The number of methoxy groups -OCH3 is 1. The fourth-order valence-corrected chi connectivity index (χ4v) is 2.92. The van der Waals surface area contributed by atoms with E-state index in [4.69, 9.17) is 9.47 Å². The molecule has 0 heterocycles. The fourth-order valence-electron chi connectivity index (χ4n) is 2.92. The van der Waals surface area contributed by atoms with Crippen LogP contribution in [0.15, 0.2) is 78.9 Å². The molecule has 0 bridgehead atoms. The van der Waals surface area contributed by atoms with E-state index in [-0.39, 0.29) is 18.4 Å². The van der Waals surface area contributed by atoms with Gasteiger partial charge in [-0.3, -0.25) is 9.59 Å². The van der Waals surface area contributed by atoms with Gasteiger partial charge < -0.3 is 20.1 Å². The van der Waals surface area contributed by atoms with Crippen LogP contribution < -0.4 is 20.1 Å². The Morgan fingerprint density at radius 2 is 1.50 bits per heavy atom. The average Bonchev–Trinajstić information content (AvgIpc) is 2.79. The van der Waals surface area contributed by atoms with Crippen LogP contribution in [0.3, 0.4) is 0 Å². The van der Waals surface area contributed by atoms with Gasteiger partial charge in [0.25, 0.3) is 11.8 Å². The molecule has 0 saturated carbocycles. The van der Waals surface area contributed by atoms with E-state index >= 15 is 0 Å². The SMILES string of the molecule is COc1ccccc1NC(=O)COc1ccccc1C(=O)NCCc1ccccc1. The highest BCUT2D eigenvalue weighted by Crippen LogP contribution is 2.23. The first-order chi connectivity index (χ1) is 14.7. The van der Waals surface area contributed by atoms with E-state index in [1.54, 1.807) is 42.5 Å². The van der Waals surface area contributed by atoms with Gasteiger partial charge in [0.05, 0.1) is 18.4 Å². The van der Waals surface area contributed by atoms with Crippen molar-refractivity contribution in [1.82, 2.24) is 5.32 Å². The van der Waals surface area contributed by atoms with Crippen molar-refractivity contribution in [3.63, 3.8) is 0 Å². The third kappa shape index (κ3) is 5.85. The number of rotatable bonds is 9. The summed E-state index contributed by atoms with van der Waals surface area (Å²) in [5.41, 5.74) is 2.09. The number of anilines is 1. The Balaban J connectivity index is 1.55. The highest BCUT2D eigenvalue weighted by molar-refractivity contribution is 5.97. The maximum absolute atomic E-state index is 12.6. The molecule has 2 N–H and O–H groups in total. The van der Waals surface area contributed by atoms with Crippen LogP contribution in [0.5, 0.6) is 11.5 Å². The lowest BCUT2D eigenvalue weighted by Gasteiger charge is -2.13. The van der Waals surface area contributed by atoms with E-state index in [1.807, 2.05) is 36.4 Å². The van der Waals surface area contributed by atoms with Crippen LogP contribution in [-0.4, -0.2) is 32.1 Å². The maximum atomic E-state index is 12.6. The Hall–Kier alpha value is -3.80. The number of para-hydroxylation sites is 3. The van der Waals surface area contributed by atoms with E-state index in [1.165, 1.54) is 7.11 Å². The lowest BCUT2D eigenvalue weighted by atomic mass is 10.1. The Bertz CT molecular complexity index is 989. The molecule has 3 aromatic carbocycles. The minimum absolute atomic E-state index is 0.230. The Morgan fingerprint density at radius 1 is 0.833 bits per heavy atom. The predicted octanol–water partition coefficient (Wildman–Crippen LogP) is 3.69. The first-order valence-electron chi connectivity index (χ1n) is 9.64. The zero-order valence-electron chi connectivity index (χ0n) is 16.8. The molecular weight excluding hydrogens is 380 g/mol. The van der Waals surface area contributed by atoms with Gasteiger partial charge in [-0.1, -0.05) is 54.6 Å². The summed E-state index contributed by atoms with van der Waals surface area (Å²) in [7, 11) is 1.54. The summed E-state index contributed by atoms with van der Waals surface area (Å²) < 4.78 is 10.8. The monoisotopic (exact) mass is 404 g/mol. The number of nitrogens with one attached hydrogen (secondary N) is 2. The van der Waals surface area contributed by atoms with Crippen molar-refractivity contribution in [2.24, 2.45) is 0 Å². The minimum Gasteiger partial charge on any atom is -0.495 e. The van der Waals surface area contributed by atoms with Gasteiger partial charge in [-0.25, -0.2) is 0 Å². The summed E-state index contributed by atoms with van der Waals surface area (Å²) in [6, 6.07) is 23.9. The number of ether oxygens (including phenoxy) is 2. The van der Waals surface area contributed by atoms with Crippen molar-refractivity contribution in [3.8, 4) is 11.5 Å². The molecule has 0 aliphatic carbocycles. The molecule has 30 heavy (non-hydrogen) atoms. The van der Waals surface area contributed by atoms with Crippen LogP contribution in [0.1, 0.15) is 15.9 Å². The molecule has 0 aromatic heterocycles. The van der Waals surface area contributed by atoms with E-state index in [0.29, 0.717) is 29.3 Å². The lowest BCUT2D eigenvalue weighted by Crippen LogP contribution is -2.27. The van der Waals surface area contributed by atoms with Crippen LogP contribution >= 0.6 is 0 Å². The second-order valence-corrected chi connectivity index (χ2v) is 6.52. The van der Waals surface area contributed by atoms with Crippen LogP contribution in [0.25, 0.3) is 0 Å². The topological polar surface area (TPSA) is 76.7 Å². The first kappa shape index (κ1) is 20.9. The molecule has 0 aliphatic rings. The van der Waals surface area contributed by atoms with Gasteiger partial charge in [0.1, 0.15) is 11.5 Å². The molecule has 6 heteroatoms. The highest BCUT2D eigenvalue weighted by Gasteiger charge is 2.14. The van der Waals surface area contributed by atoms with Gasteiger partial charge in [-0.05, 0) is 36.2 Å². The third-order valence-electron chi connectivity index (χ3n) is 4.41. The molecule has 3 aromatic rings. The molecule has 0 fully saturated rings. The molecule has 6 nitrogen and oxygen atoms in total. The highest BCUT2D eigenvalue weighted by atomic mass is 16.5. The van der Waals surface area contributed by atoms with Gasteiger partial charge in [-0.15, -0.1) is 0 Å². The molecule has 0 radical (unpaired) electrons. The molecule has 0 aliphatic heterocycles. The van der Waals surface area contributed by atoms with Crippen molar-refractivity contribution in [2.45, 2.75) is 6.42 Å². The van der Waals surface area contributed by atoms with Gasteiger partial charge in [0.2, 0.25) is 0 Å². The second kappa shape index (κ2) is 10.7. The van der Waals surface area contributed by atoms with Crippen molar-refractivity contribution in [2.75, 3.05) is 25.6 Å². The first-order valence-corrected chi connectivity index (χ1v) is 9.64. The summed E-state index contributed by atoms with van der Waals surface area (Å²) in [6.07, 6.45) is 0.733. The maximum Gasteiger partial charge on any atom is 0.262 e. The molecule has 0 atom stereocenters. The van der Waals surface area contributed by atoms with E-state index in [2.05, 4.69) is 10.6 Å². The molecule has 2 amide bonds. The van der Waals surface area contributed by atoms with Gasteiger partial charge in [-0.2, -0.15) is 0 Å². The molecule has 0 saturated heterocycles. The van der Waals surface area contributed by atoms with Crippen molar-refractivity contribution in [1.29, 1.82) is 0 Å².